The average molecular weight is 359 g/mol. The van der Waals surface area contributed by atoms with Crippen molar-refractivity contribution in [1.82, 2.24) is 15.2 Å². The van der Waals surface area contributed by atoms with E-state index in [1.54, 1.807) is 44.9 Å². The quantitative estimate of drug-likeness (QED) is 0.878. The summed E-state index contributed by atoms with van der Waals surface area (Å²) in [5.74, 6) is 0.652. The molecule has 0 saturated carbocycles. The van der Waals surface area contributed by atoms with Gasteiger partial charge in [-0.3, -0.25) is 4.79 Å². The van der Waals surface area contributed by atoms with E-state index in [9.17, 15) is 9.59 Å². The first-order chi connectivity index (χ1) is 12.2. The molecule has 0 spiro atoms. The van der Waals surface area contributed by atoms with Gasteiger partial charge in [0.05, 0.1) is 5.56 Å². The number of aromatic nitrogens is 1. The highest BCUT2D eigenvalue weighted by Crippen LogP contribution is 2.14. The van der Waals surface area contributed by atoms with Crippen LogP contribution in [-0.4, -0.2) is 59.7 Å². The van der Waals surface area contributed by atoms with Crippen LogP contribution in [0.25, 0.3) is 0 Å². The van der Waals surface area contributed by atoms with Crippen LogP contribution in [0, 0.1) is 11.3 Å². The molecule has 1 aliphatic rings. The number of carbonyl (C=O) groups excluding carboxylic acids is 2. The van der Waals surface area contributed by atoms with Crippen LogP contribution >= 0.6 is 0 Å². The van der Waals surface area contributed by atoms with Gasteiger partial charge in [-0.2, -0.15) is 5.26 Å². The zero-order chi connectivity index (χ0) is 19.3. The van der Waals surface area contributed by atoms with E-state index in [-0.39, 0.29) is 5.91 Å². The van der Waals surface area contributed by atoms with Gasteiger partial charge in [0.2, 0.25) is 5.91 Å². The van der Waals surface area contributed by atoms with Crippen molar-refractivity contribution >= 4 is 17.8 Å². The fraction of sp³-hybridized carbons (Fsp3) is 0.556. The summed E-state index contributed by atoms with van der Waals surface area (Å²) in [6.45, 7) is 9.34. The van der Waals surface area contributed by atoms with Gasteiger partial charge in [-0.05, 0) is 39.8 Å². The summed E-state index contributed by atoms with van der Waals surface area (Å²) in [5.41, 5.74) is -0.0864. The number of hydrogen-bond donors (Lipinski definition) is 1. The van der Waals surface area contributed by atoms with Crippen LogP contribution in [0.2, 0.25) is 0 Å². The Kier molecular flexibility index (Phi) is 6.03. The molecule has 1 aromatic heterocycles. The second-order valence-electron chi connectivity index (χ2n) is 7.20. The van der Waals surface area contributed by atoms with Gasteiger partial charge in [0.25, 0.3) is 0 Å². The Morgan fingerprint density at radius 2 is 1.92 bits per heavy atom. The molecular formula is C18H25N5O3. The molecule has 1 saturated heterocycles. The van der Waals surface area contributed by atoms with Crippen LogP contribution in [0.4, 0.5) is 10.6 Å². The summed E-state index contributed by atoms with van der Waals surface area (Å²) in [6.07, 6.45) is 0.943. The van der Waals surface area contributed by atoms with E-state index in [0.717, 1.165) is 5.82 Å². The van der Waals surface area contributed by atoms with Crippen molar-refractivity contribution in [3.63, 3.8) is 0 Å². The lowest BCUT2D eigenvalue weighted by Crippen LogP contribution is -2.54. The first kappa shape index (κ1) is 19.5. The predicted molar refractivity (Wildman–Crippen MR) is 96.6 cm³/mol. The topological polar surface area (TPSA) is 98.6 Å². The Morgan fingerprint density at radius 1 is 1.27 bits per heavy atom. The molecule has 26 heavy (non-hydrogen) atoms. The third kappa shape index (κ3) is 5.34. The van der Waals surface area contributed by atoms with E-state index in [1.165, 1.54) is 0 Å². The molecule has 8 nitrogen and oxygen atoms in total. The number of carbonyl (C=O) groups is 2. The third-order valence-electron chi connectivity index (χ3n) is 3.90. The number of ether oxygens (including phenoxy) is 1. The summed E-state index contributed by atoms with van der Waals surface area (Å²) in [5, 5.41) is 11.4. The molecule has 140 valence electrons. The molecule has 1 aliphatic heterocycles. The Labute approximate surface area is 153 Å². The number of pyridine rings is 1. The van der Waals surface area contributed by atoms with Gasteiger partial charge < -0.3 is 19.9 Å². The fourth-order valence-electron chi connectivity index (χ4n) is 2.62. The molecule has 8 heteroatoms. The molecule has 0 unspecified atom stereocenters. The summed E-state index contributed by atoms with van der Waals surface area (Å²) in [6, 6.07) is 4.93. The van der Waals surface area contributed by atoms with Gasteiger partial charge in [-0.1, -0.05) is 0 Å². The summed E-state index contributed by atoms with van der Waals surface area (Å²) in [4.78, 5) is 32.4. The number of piperazine rings is 1. The number of rotatable bonds is 3. The number of nitrogens with zero attached hydrogens (tertiary/aromatic N) is 4. The molecule has 0 aliphatic carbocycles. The van der Waals surface area contributed by atoms with E-state index >= 15 is 0 Å². The molecule has 0 aromatic carbocycles. The van der Waals surface area contributed by atoms with Gasteiger partial charge >= 0.3 is 6.09 Å². The predicted octanol–water partition coefficient (Wildman–Crippen LogP) is 1.52. The molecule has 2 rings (SSSR count). The van der Waals surface area contributed by atoms with E-state index in [4.69, 9.17) is 10.00 Å². The molecule has 2 heterocycles. The van der Waals surface area contributed by atoms with Gasteiger partial charge in [0, 0.05) is 32.4 Å². The van der Waals surface area contributed by atoms with Crippen molar-refractivity contribution in [2.75, 3.05) is 31.1 Å². The van der Waals surface area contributed by atoms with Gasteiger partial charge in [-0.15, -0.1) is 0 Å². The van der Waals surface area contributed by atoms with Crippen molar-refractivity contribution in [3.05, 3.63) is 23.9 Å². The third-order valence-corrected chi connectivity index (χ3v) is 3.90. The number of amides is 2. The van der Waals surface area contributed by atoms with Crippen molar-refractivity contribution in [3.8, 4) is 6.07 Å². The minimum Gasteiger partial charge on any atom is -0.444 e. The van der Waals surface area contributed by atoms with Crippen LogP contribution in [-0.2, 0) is 9.53 Å². The van der Waals surface area contributed by atoms with Crippen molar-refractivity contribution in [2.45, 2.75) is 39.3 Å². The fourth-order valence-corrected chi connectivity index (χ4v) is 2.62. The Hall–Kier alpha value is -2.82. The number of alkyl carbamates (subject to hydrolysis) is 1. The van der Waals surface area contributed by atoms with E-state index in [2.05, 4.69) is 15.2 Å². The average Bonchev–Trinajstić information content (AvgIpc) is 2.59. The molecule has 0 bridgehead atoms. The Balaban J connectivity index is 1.85. The van der Waals surface area contributed by atoms with Crippen molar-refractivity contribution < 1.29 is 14.3 Å². The highest BCUT2D eigenvalue weighted by atomic mass is 16.6. The molecule has 1 atom stereocenters. The Bertz CT molecular complexity index is 682. The minimum absolute atomic E-state index is 0.136. The number of nitriles is 1. The van der Waals surface area contributed by atoms with Crippen LogP contribution < -0.4 is 10.2 Å². The van der Waals surface area contributed by atoms with E-state index < -0.39 is 17.7 Å². The normalized spacial score (nSPS) is 15.8. The SMILES string of the molecule is C[C@H](NC(=O)OC(C)(C)C)C(=O)N1CCN(c2ccc(C#N)cn2)CC1. The maximum atomic E-state index is 12.5. The summed E-state index contributed by atoms with van der Waals surface area (Å²) in [7, 11) is 0. The number of hydrogen-bond acceptors (Lipinski definition) is 6. The molecule has 1 fully saturated rings. The highest BCUT2D eigenvalue weighted by Gasteiger charge is 2.27. The maximum Gasteiger partial charge on any atom is 0.408 e. The van der Waals surface area contributed by atoms with Crippen molar-refractivity contribution in [2.24, 2.45) is 0 Å². The lowest BCUT2D eigenvalue weighted by Gasteiger charge is -2.36. The smallest absolute Gasteiger partial charge is 0.408 e. The summed E-state index contributed by atoms with van der Waals surface area (Å²) >= 11 is 0. The Morgan fingerprint density at radius 3 is 2.42 bits per heavy atom. The van der Waals surface area contributed by atoms with Crippen molar-refractivity contribution in [1.29, 1.82) is 5.26 Å². The van der Waals surface area contributed by atoms with Gasteiger partial charge in [0.15, 0.2) is 0 Å². The van der Waals surface area contributed by atoms with Gasteiger partial charge in [0.1, 0.15) is 23.5 Å². The minimum atomic E-state index is -0.649. The monoisotopic (exact) mass is 359 g/mol. The zero-order valence-electron chi connectivity index (χ0n) is 15.7. The molecule has 0 radical (unpaired) electrons. The second kappa shape index (κ2) is 8.04. The maximum absolute atomic E-state index is 12.5. The number of nitrogens with one attached hydrogen (secondary N) is 1. The first-order valence-corrected chi connectivity index (χ1v) is 8.59. The van der Waals surface area contributed by atoms with Crippen LogP contribution in [0.15, 0.2) is 18.3 Å². The largest absolute Gasteiger partial charge is 0.444 e. The van der Waals surface area contributed by atoms with Crippen LogP contribution in [0.3, 0.4) is 0 Å². The molecule has 2 amide bonds. The lowest BCUT2D eigenvalue weighted by molar-refractivity contribution is -0.133. The summed E-state index contributed by atoms with van der Waals surface area (Å²) < 4.78 is 5.18. The first-order valence-electron chi connectivity index (χ1n) is 8.59. The standard InChI is InChI=1S/C18H25N5O3/c1-13(21-17(25)26-18(2,3)4)16(24)23-9-7-22(8-10-23)15-6-5-14(11-19)12-20-15/h5-6,12-13H,7-10H2,1-4H3,(H,21,25)/t13-/m0/s1. The van der Waals surface area contributed by atoms with E-state index in [1.807, 2.05) is 12.1 Å². The number of anilines is 1. The lowest BCUT2D eigenvalue weighted by atomic mass is 10.2. The van der Waals surface area contributed by atoms with Crippen LogP contribution in [0.5, 0.6) is 0 Å². The van der Waals surface area contributed by atoms with Crippen LogP contribution in [0.1, 0.15) is 33.3 Å². The van der Waals surface area contributed by atoms with Gasteiger partial charge in [-0.25, -0.2) is 9.78 Å². The second-order valence-corrected chi connectivity index (χ2v) is 7.20. The molecule has 1 N–H and O–H groups in total. The highest BCUT2D eigenvalue weighted by molar-refractivity contribution is 5.85. The molecular weight excluding hydrogens is 334 g/mol. The molecule has 1 aromatic rings. The zero-order valence-corrected chi connectivity index (χ0v) is 15.7. The van der Waals surface area contributed by atoms with E-state index in [0.29, 0.717) is 31.7 Å².